The highest BCUT2D eigenvalue weighted by Gasteiger charge is 2.11. The van der Waals surface area contributed by atoms with Gasteiger partial charge in [0, 0.05) is 10.9 Å². The van der Waals surface area contributed by atoms with Crippen LogP contribution in [0.5, 0.6) is 11.5 Å². The Hall–Kier alpha value is -3.13. The predicted molar refractivity (Wildman–Crippen MR) is 106 cm³/mol. The molecule has 0 aliphatic carbocycles. The quantitative estimate of drug-likeness (QED) is 0.526. The average Bonchev–Trinajstić information content (AvgIpc) is 3.36. The number of thiophene rings is 1. The van der Waals surface area contributed by atoms with E-state index in [0.717, 1.165) is 28.7 Å². The maximum absolute atomic E-state index is 5.91. The number of nitrogens with zero attached hydrogens (tertiary/aromatic N) is 4. The highest BCUT2D eigenvalue weighted by atomic mass is 32.1. The molecule has 1 atom stereocenters. The van der Waals surface area contributed by atoms with Gasteiger partial charge in [-0.2, -0.15) is 15.9 Å². The van der Waals surface area contributed by atoms with Crippen LogP contribution >= 0.6 is 11.3 Å². The van der Waals surface area contributed by atoms with Crippen molar-refractivity contribution in [2.45, 2.75) is 13.0 Å². The summed E-state index contributed by atoms with van der Waals surface area (Å²) in [6, 6.07) is 13.3. The van der Waals surface area contributed by atoms with E-state index in [1.807, 2.05) is 60.1 Å². The molecule has 4 aromatic rings. The second-order valence-electron chi connectivity index (χ2n) is 6.01. The third-order valence-electron chi connectivity index (χ3n) is 4.01. The van der Waals surface area contributed by atoms with E-state index in [4.69, 9.17) is 9.47 Å². The molecule has 0 aliphatic rings. The second kappa shape index (κ2) is 7.63. The van der Waals surface area contributed by atoms with Gasteiger partial charge in [0.2, 0.25) is 0 Å². The molecule has 1 unspecified atom stereocenters. The summed E-state index contributed by atoms with van der Waals surface area (Å²) in [6.07, 6.45) is -0.0341. The fraction of sp³-hybridized carbons (Fsp3) is 0.211. The van der Waals surface area contributed by atoms with Crippen LogP contribution in [0.3, 0.4) is 0 Å². The first kappa shape index (κ1) is 17.3. The number of benzene rings is 1. The largest absolute Gasteiger partial charge is 0.497 e. The molecule has 7 nitrogen and oxygen atoms in total. The van der Waals surface area contributed by atoms with Crippen molar-refractivity contribution in [1.82, 2.24) is 19.8 Å². The molecule has 0 amide bonds. The van der Waals surface area contributed by atoms with E-state index in [1.54, 1.807) is 23.0 Å². The molecule has 0 spiro atoms. The van der Waals surface area contributed by atoms with Crippen molar-refractivity contribution >= 4 is 22.8 Å². The normalized spacial score (nSPS) is 12.1. The summed E-state index contributed by atoms with van der Waals surface area (Å²) in [5.74, 6) is 3.08. The number of hydrogen-bond acceptors (Lipinski definition) is 7. The number of aromatic nitrogens is 4. The van der Waals surface area contributed by atoms with Crippen LogP contribution in [-0.2, 0) is 0 Å². The summed E-state index contributed by atoms with van der Waals surface area (Å²) < 4.78 is 12.8. The Balaban J connectivity index is 1.43. The van der Waals surface area contributed by atoms with Crippen LogP contribution < -0.4 is 14.8 Å². The van der Waals surface area contributed by atoms with Gasteiger partial charge < -0.3 is 14.8 Å². The fourth-order valence-electron chi connectivity index (χ4n) is 2.63. The first-order valence-electron chi connectivity index (χ1n) is 8.52. The van der Waals surface area contributed by atoms with Crippen LogP contribution in [0.15, 0.2) is 53.2 Å². The lowest BCUT2D eigenvalue weighted by Crippen LogP contribution is -2.23. The molecular weight excluding hydrogens is 362 g/mol. The van der Waals surface area contributed by atoms with Crippen LogP contribution in [0, 0.1) is 0 Å². The van der Waals surface area contributed by atoms with E-state index < -0.39 is 0 Å². The first-order chi connectivity index (χ1) is 13.2. The molecular formula is C19H19N5O2S. The van der Waals surface area contributed by atoms with Crippen molar-refractivity contribution in [3.8, 4) is 22.9 Å². The number of ether oxygens (including phenoxy) is 2. The van der Waals surface area contributed by atoms with E-state index in [2.05, 4.69) is 20.6 Å². The maximum Gasteiger partial charge on any atom is 0.186 e. The lowest BCUT2D eigenvalue weighted by Gasteiger charge is -2.16. The van der Waals surface area contributed by atoms with Gasteiger partial charge >= 0.3 is 0 Å². The number of hydrogen-bond donors (Lipinski definition) is 1. The van der Waals surface area contributed by atoms with Crippen molar-refractivity contribution in [2.24, 2.45) is 0 Å². The van der Waals surface area contributed by atoms with Gasteiger partial charge in [-0.25, -0.2) is 0 Å². The third kappa shape index (κ3) is 3.85. The molecule has 0 bridgehead atoms. The van der Waals surface area contributed by atoms with Gasteiger partial charge in [0.25, 0.3) is 0 Å². The molecule has 3 heterocycles. The van der Waals surface area contributed by atoms with Crippen LogP contribution in [0.1, 0.15) is 6.92 Å². The summed E-state index contributed by atoms with van der Waals surface area (Å²) >= 11 is 1.62. The Morgan fingerprint density at radius 1 is 1.07 bits per heavy atom. The van der Waals surface area contributed by atoms with E-state index >= 15 is 0 Å². The lowest BCUT2D eigenvalue weighted by molar-refractivity contribution is 0.234. The maximum atomic E-state index is 5.91. The summed E-state index contributed by atoms with van der Waals surface area (Å²) in [6.45, 7) is 2.62. The van der Waals surface area contributed by atoms with E-state index in [0.29, 0.717) is 12.2 Å². The predicted octanol–water partition coefficient (Wildman–Crippen LogP) is 3.74. The molecule has 138 valence electrons. The highest BCUT2D eigenvalue weighted by Crippen LogP contribution is 2.21. The fourth-order valence-corrected chi connectivity index (χ4v) is 3.27. The number of fused-ring (bicyclic) bond motifs is 1. The smallest absolute Gasteiger partial charge is 0.186 e. The topological polar surface area (TPSA) is 73.6 Å². The molecule has 4 rings (SSSR count). The summed E-state index contributed by atoms with van der Waals surface area (Å²) in [5, 5.41) is 20.4. The molecule has 3 aromatic heterocycles. The molecule has 27 heavy (non-hydrogen) atoms. The number of rotatable bonds is 7. The standard InChI is InChI=1S/C19H19N5O2S/c1-13(26-16-5-3-15(25-2)4-6-16)11-20-17-7-8-18-21-22-19(24(18)23-17)14-9-10-27-12-14/h3-10,12-13H,11H2,1-2H3,(H,20,23). The van der Waals surface area contributed by atoms with Gasteiger partial charge in [0.1, 0.15) is 23.4 Å². The van der Waals surface area contributed by atoms with Crippen molar-refractivity contribution in [3.05, 3.63) is 53.2 Å². The zero-order valence-corrected chi connectivity index (χ0v) is 15.8. The minimum absolute atomic E-state index is 0.0341. The Labute approximate surface area is 160 Å². The third-order valence-corrected chi connectivity index (χ3v) is 4.69. The van der Waals surface area contributed by atoms with Crippen LogP contribution in [-0.4, -0.2) is 39.6 Å². The molecule has 0 aliphatic heterocycles. The highest BCUT2D eigenvalue weighted by molar-refractivity contribution is 7.08. The Morgan fingerprint density at radius 2 is 1.89 bits per heavy atom. The van der Waals surface area contributed by atoms with Crippen molar-refractivity contribution < 1.29 is 9.47 Å². The molecule has 0 radical (unpaired) electrons. The number of nitrogens with one attached hydrogen (secondary N) is 1. The lowest BCUT2D eigenvalue weighted by atomic mass is 10.3. The van der Waals surface area contributed by atoms with E-state index in [9.17, 15) is 0 Å². The minimum Gasteiger partial charge on any atom is -0.497 e. The molecule has 0 fully saturated rings. The SMILES string of the molecule is COc1ccc(OC(C)CNc2ccc3nnc(-c4ccsc4)n3n2)cc1. The van der Waals surface area contributed by atoms with Gasteiger partial charge in [-0.1, -0.05) is 0 Å². The number of anilines is 1. The zero-order valence-electron chi connectivity index (χ0n) is 15.0. The Morgan fingerprint density at radius 3 is 2.63 bits per heavy atom. The molecule has 1 aromatic carbocycles. The second-order valence-corrected chi connectivity index (χ2v) is 6.79. The van der Waals surface area contributed by atoms with Gasteiger partial charge in [0.15, 0.2) is 11.5 Å². The Kier molecular flexibility index (Phi) is 4.88. The van der Waals surface area contributed by atoms with Crippen LogP contribution in [0.25, 0.3) is 17.0 Å². The van der Waals surface area contributed by atoms with Crippen LogP contribution in [0.2, 0.25) is 0 Å². The van der Waals surface area contributed by atoms with Gasteiger partial charge in [-0.3, -0.25) is 0 Å². The summed E-state index contributed by atoms with van der Waals surface area (Å²) in [7, 11) is 1.64. The zero-order chi connectivity index (χ0) is 18.6. The summed E-state index contributed by atoms with van der Waals surface area (Å²) in [5.41, 5.74) is 1.72. The van der Waals surface area contributed by atoms with Gasteiger partial charge in [-0.05, 0) is 54.8 Å². The van der Waals surface area contributed by atoms with E-state index in [-0.39, 0.29) is 6.10 Å². The van der Waals surface area contributed by atoms with Gasteiger partial charge in [0.05, 0.1) is 13.7 Å². The van der Waals surface area contributed by atoms with Crippen molar-refractivity contribution in [3.63, 3.8) is 0 Å². The number of methoxy groups -OCH3 is 1. The van der Waals surface area contributed by atoms with E-state index in [1.165, 1.54) is 0 Å². The monoisotopic (exact) mass is 381 g/mol. The molecule has 1 N–H and O–H groups in total. The first-order valence-corrected chi connectivity index (χ1v) is 9.47. The molecule has 0 saturated carbocycles. The Bertz CT molecular complexity index is 1010. The minimum atomic E-state index is -0.0341. The summed E-state index contributed by atoms with van der Waals surface area (Å²) in [4.78, 5) is 0. The van der Waals surface area contributed by atoms with Crippen molar-refractivity contribution in [2.75, 3.05) is 19.0 Å². The molecule has 0 saturated heterocycles. The van der Waals surface area contributed by atoms with Crippen LogP contribution in [0.4, 0.5) is 5.82 Å². The molecule has 8 heteroatoms. The van der Waals surface area contributed by atoms with Gasteiger partial charge in [-0.15, -0.1) is 15.3 Å². The van der Waals surface area contributed by atoms with Crippen molar-refractivity contribution in [1.29, 1.82) is 0 Å². The average molecular weight is 381 g/mol.